The van der Waals surface area contributed by atoms with E-state index in [-0.39, 0.29) is 11.9 Å². The van der Waals surface area contributed by atoms with Crippen molar-refractivity contribution in [3.8, 4) is 0 Å². The molecule has 1 fully saturated rings. The summed E-state index contributed by atoms with van der Waals surface area (Å²) in [5.74, 6) is 0.0415. The fourth-order valence-electron chi connectivity index (χ4n) is 2.60. The van der Waals surface area contributed by atoms with E-state index in [9.17, 15) is 4.79 Å². The molecule has 3 aromatic rings. The first kappa shape index (κ1) is 15.0. The second kappa shape index (κ2) is 6.16. The van der Waals surface area contributed by atoms with Gasteiger partial charge in [-0.3, -0.25) is 4.79 Å². The van der Waals surface area contributed by atoms with Crippen LogP contribution in [0, 0.1) is 0 Å². The predicted octanol–water partition coefficient (Wildman–Crippen LogP) is 1.38. The Hall–Kier alpha value is -2.55. The number of amides is 1. The summed E-state index contributed by atoms with van der Waals surface area (Å²) in [6, 6.07) is 7.56. The Morgan fingerprint density at radius 1 is 1.17 bits per heavy atom. The number of hydrogen-bond donors (Lipinski definition) is 0. The average Bonchev–Trinajstić information content (AvgIpc) is 3.19. The summed E-state index contributed by atoms with van der Waals surface area (Å²) in [6.45, 7) is 1.76. The highest BCUT2D eigenvalue weighted by molar-refractivity contribution is 9.10. The highest BCUT2D eigenvalue weighted by Crippen LogP contribution is 2.23. The van der Waals surface area contributed by atoms with Crippen LogP contribution in [0.2, 0.25) is 0 Å². The molecule has 24 heavy (non-hydrogen) atoms. The summed E-state index contributed by atoms with van der Waals surface area (Å²) < 4.78 is 2.77. The number of hydrogen-bond acceptors (Lipinski definition) is 5. The molecule has 9 heteroatoms. The first-order chi connectivity index (χ1) is 11.7. The van der Waals surface area contributed by atoms with Gasteiger partial charge in [0.1, 0.15) is 12.2 Å². The monoisotopic (exact) mass is 387 g/mol. The zero-order valence-electron chi connectivity index (χ0n) is 12.7. The Morgan fingerprint density at radius 2 is 1.88 bits per heavy atom. The Morgan fingerprint density at radius 3 is 2.58 bits per heavy atom. The fourth-order valence-corrected chi connectivity index (χ4v) is 2.86. The van der Waals surface area contributed by atoms with E-state index in [1.165, 1.54) is 0 Å². The van der Waals surface area contributed by atoms with E-state index >= 15 is 0 Å². The normalized spacial score (nSPS) is 14.6. The van der Waals surface area contributed by atoms with E-state index in [2.05, 4.69) is 36.4 Å². The van der Waals surface area contributed by atoms with Crippen LogP contribution < -0.4 is 0 Å². The number of nitrogens with zero attached hydrogens (tertiary/aromatic N) is 7. The van der Waals surface area contributed by atoms with Crippen LogP contribution in [0.5, 0.6) is 0 Å². The molecule has 2 aromatic heterocycles. The molecule has 0 bridgehead atoms. The maximum absolute atomic E-state index is 12.4. The number of carbonyl (C=O) groups is 1. The van der Waals surface area contributed by atoms with Crippen LogP contribution >= 0.6 is 15.9 Å². The number of likely N-dealkylation sites (tertiary alicyclic amines) is 1. The van der Waals surface area contributed by atoms with Crippen molar-refractivity contribution in [2.75, 3.05) is 13.1 Å². The van der Waals surface area contributed by atoms with Crippen LogP contribution in [0.15, 0.2) is 47.3 Å². The zero-order chi connectivity index (χ0) is 16.5. The first-order valence-electron chi connectivity index (χ1n) is 7.49. The van der Waals surface area contributed by atoms with E-state index in [1.54, 1.807) is 17.2 Å². The SMILES string of the molecule is O=C(c1ccc(Br)cc1)N1CC(n2cc(Cn3nccn3)nn2)C1. The maximum Gasteiger partial charge on any atom is 0.254 e. The second-order valence-electron chi connectivity index (χ2n) is 5.62. The van der Waals surface area contributed by atoms with Crippen molar-refractivity contribution in [2.24, 2.45) is 0 Å². The smallest absolute Gasteiger partial charge is 0.254 e. The average molecular weight is 388 g/mol. The van der Waals surface area contributed by atoms with Crippen LogP contribution in [-0.2, 0) is 6.54 Å². The Kier molecular flexibility index (Phi) is 3.85. The Labute approximate surface area is 146 Å². The minimum atomic E-state index is 0.0415. The minimum absolute atomic E-state index is 0.0415. The third kappa shape index (κ3) is 2.94. The highest BCUT2D eigenvalue weighted by Gasteiger charge is 2.33. The molecule has 3 heterocycles. The molecule has 0 radical (unpaired) electrons. The summed E-state index contributed by atoms with van der Waals surface area (Å²) in [6.07, 6.45) is 5.14. The molecular weight excluding hydrogens is 374 g/mol. The molecule has 0 unspecified atom stereocenters. The molecule has 1 saturated heterocycles. The molecule has 0 atom stereocenters. The Bertz CT molecular complexity index is 837. The topological polar surface area (TPSA) is 81.7 Å². The van der Waals surface area contributed by atoms with Gasteiger partial charge in [0.25, 0.3) is 5.91 Å². The summed E-state index contributed by atoms with van der Waals surface area (Å²) in [4.78, 5) is 15.7. The largest absolute Gasteiger partial charge is 0.334 e. The van der Waals surface area contributed by atoms with Gasteiger partial charge in [0.2, 0.25) is 0 Å². The Balaban J connectivity index is 1.36. The van der Waals surface area contributed by atoms with E-state index in [4.69, 9.17) is 0 Å². The van der Waals surface area contributed by atoms with Gasteiger partial charge in [-0.1, -0.05) is 21.1 Å². The van der Waals surface area contributed by atoms with E-state index in [0.29, 0.717) is 25.2 Å². The van der Waals surface area contributed by atoms with Crippen LogP contribution in [0.3, 0.4) is 0 Å². The standard InChI is InChI=1S/C15H14BrN7O/c16-12-3-1-11(2-4-12)15(24)21-9-14(10-21)22-7-13(19-20-22)8-23-17-5-6-18-23/h1-7,14H,8-10H2. The summed E-state index contributed by atoms with van der Waals surface area (Å²) in [7, 11) is 0. The quantitative estimate of drug-likeness (QED) is 0.675. The molecule has 1 aromatic carbocycles. The molecule has 4 rings (SSSR count). The van der Waals surface area contributed by atoms with Gasteiger partial charge in [-0.15, -0.1) is 5.10 Å². The third-order valence-electron chi connectivity index (χ3n) is 3.94. The van der Waals surface area contributed by atoms with Gasteiger partial charge >= 0.3 is 0 Å². The molecule has 0 saturated carbocycles. The van der Waals surface area contributed by atoms with E-state index in [0.717, 1.165) is 10.2 Å². The summed E-state index contributed by atoms with van der Waals surface area (Å²) in [5, 5.41) is 16.4. The van der Waals surface area contributed by atoms with Gasteiger partial charge in [0, 0.05) is 23.1 Å². The van der Waals surface area contributed by atoms with Crippen molar-refractivity contribution < 1.29 is 4.79 Å². The van der Waals surface area contributed by atoms with Crippen molar-refractivity contribution in [2.45, 2.75) is 12.6 Å². The lowest BCUT2D eigenvalue weighted by atomic mass is 10.1. The van der Waals surface area contributed by atoms with Crippen LogP contribution in [0.4, 0.5) is 0 Å². The van der Waals surface area contributed by atoms with Crippen LogP contribution in [-0.4, -0.2) is 53.9 Å². The molecule has 0 aliphatic carbocycles. The number of benzene rings is 1. The van der Waals surface area contributed by atoms with Crippen molar-refractivity contribution in [3.63, 3.8) is 0 Å². The van der Waals surface area contributed by atoms with Crippen LogP contribution in [0.25, 0.3) is 0 Å². The van der Waals surface area contributed by atoms with Crippen LogP contribution in [0.1, 0.15) is 22.1 Å². The van der Waals surface area contributed by atoms with E-state index in [1.807, 2.05) is 40.0 Å². The van der Waals surface area contributed by atoms with Crippen molar-refractivity contribution in [1.29, 1.82) is 0 Å². The number of aromatic nitrogens is 6. The van der Waals surface area contributed by atoms with Crippen molar-refractivity contribution in [1.82, 2.24) is 34.9 Å². The minimum Gasteiger partial charge on any atom is -0.334 e. The highest BCUT2D eigenvalue weighted by atomic mass is 79.9. The molecule has 0 N–H and O–H groups in total. The van der Waals surface area contributed by atoms with Gasteiger partial charge in [-0.05, 0) is 24.3 Å². The molecule has 1 aliphatic rings. The predicted molar refractivity (Wildman–Crippen MR) is 88.2 cm³/mol. The lowest BCUT2D eigenvalue weighted by Gasteiger charge is -2.38. The maximum atomic E-state index is 12.4. The molecule has 1 aliphatic heterocycles. The third-order valence-corrected chi connectivity index (χ3v) is 4.47. The molecule has 8 nitrogen and oxygen atoms in total. The number of halogens is 1. The van der Waals surface area contributed by atoms with Gasteiger partial charge < -0.3 is 4.90 Å². The van der Waals surface area contributed by atoms with Gasteiger partial charge in [0.05, 0.1) is 24.6 Å². The van der Waals surface area contributed by atoms with Gasteiger partial charge in [-0.2, -0.15) is 15.0 Å². The van der Waals surface area contributed by atoms with Gasteiger partial charge in [0.15, 0.2) is 0 Å². The molecular formula is C15H14BrN7O. The number of carbonyl (C=O) groups excluding carboxylic acids is 1. The second-order valence-corrected chi connectivity index (χ2v) is 6.54. The summed E-state index contributed by atoms with van der Waals surface area (Å²) in [5.41, 5.74) is 1.49. The summed E-state index contributed by atoms with van der Waals surface area (Å²) >= 11 is 3.37. The molecule has 122 valence electrons. The molecule has 1 amide bonds. The fraction of sp³-hybridized carbons (Fsp3) is 0.267. The first-order valence-corrected chi connectivity index (χ1v) is 8.28. The lowest BCUT2D eigenvalue weighted by molar-refractivity contribution is 0.0498. The zero-order valence-corrected chi connectivity index (χ0v) is 14.2. The number of rotatable bonds is 4. The van der Waals surface area contributed by atoms with Crippen molar-refractivity contribution >= 4 is 21.8 Å². The van der Waals surface area contributed by atoms with Crippen molar-refractivity contribution in [3.05, 3.63) is 58.6 Å². The lowest BCUT2D eigenvalue weighted by Crippen LogP contribution is -2.50. The van der Waals surface area contributed by atoms with Gasteiger partial charge in [-0.25, -0.2) is 4.68 Å². The molecule has 0 spiro atoms. The van der Waals surface area contributed by atoms with E-state index < -0.39 is 0 Å².